The highest BCUT2D eigenvalue weighted by molar-refractivity contribution is 5.77. The Kier molecular flexibility index (Phi) is 15.0. The van der Waals surface area contributed by atoms with Gasteiger partial charge in [0.2, 0.25) is 11.8 Å². The van der Waals surface area contributed by atoms with Gasteiger partial charge in [0.15, 0.2) is 0 Å². The van der Waals surface area contributed by atoms with Crippen molar-refractivity contribution < 1.29 is 23.8 Å². The van der Waals surface area contributed by atoms with E-state index in [1.165, 1.54) is 55.2 Å². The topological polar surface area (TPSA) is 114 Å². The van der Waals surface area contributed by atoms with Crippen LogP contribution in [-0.4, -0.2) is 33.1 Å². The van der Waals surface area contributed by atoms with Crippen LogP contribution in [0, 0.1) is 0 Å². The van der Waals surface area contributed by atoms with Crippen LogP contribution in [0.25, 0.3) is 18.2 Å². The number of benzene rings is 4. The quantitative estimate of drug-likeness (QED) is 0.132. The van der Waals surface area contributed by atoms with Crippen molar-refractivity contribution in [3.8, 4) is 17.2 Å². The lowest BCUT2D eigenvalue weighted by atomic mass is 9.86. The van der Waals surface area contributed by atoms with E-state index in [4.69, 9.17) is 25.7 Å². The second-order valence-corrected chi connectivity index (χ2v) is 15.9. The number of allylic oxidation sites excluding steroid dienone is 3. The summed E-state index contributed by atoms with van der Waals surface area (Å²) in [6, 6.07) is 28.7. The van der Waals surface area contributed by atoms with Gasteiger partial charge >= 0.3 is 0 Å². The number of hydrogen-bond acceptors (Lipinski definition) is 5. The van der Waals surface area contributed by atoms with Crippen molar-refractivity contribution >= 4 is 30.0 Å². The van der Waals surface area contributed by atoms with Crippen LogP contribution in [0.3, 0.4) is 0 Å². The van der Waals surface area contributed by atoms with Crippen LogP contribution >= 0.6 is 0 Å². The Hall–Kier alpha value is -5.56. The first-order valence-electron chi connectivity index (χ1n) is 21.0. The van der Waals surface area contributed by atoms with Gasteiger partial charge in [0, 0.05) is 41.4 Å². The number of rotatable bonds is 14. The van der Waals surface area contributed by atoms with Crippen LogP contribution in [-0.2, 0) is 9.59 Å². The molecule has 0 spiro atoms. The summed E-state index contributed by atoms with van der Waals surface area (Å²) in [5.74, 6) is 1.83. The van der Waals surface area contributed by atoms with Gasteiger partial charge in [-0.1, -0.05) is 83.5 Å². The SMILES string of the molecule is COc1ccc(C(CC(N)=O)c2ccc(OC)c(C=C3CCCC3)c2)cc1C=C1CCCC1.COc1ccc(C(CC(N)=O)c2ccccc2)cc1C=C1CCCC1. The monoisotopic (exact) mass is 780 g/mol. The van der Waals surface area contributed by atoms with Gasteiger partial charge in [0.25, 0.3) is 0 Å². The predicted octanol–water partition coefficient (Wildman–Crippen LogP) is 11.3. The van der Waals surface area contributed by atoms with E-state index >= 15 is 0 Å². The van der Waals surface area contributed by atoms with Crippen LogP contribution in [0.15, 0.2) is 102 Å². The van der Waals surface area contributed by atoms with Crippen LogP contribution in [0.4, 0.5) is 0 Å². The molecule has 4 N–H and O–H groups in total. The zero-order valence-corrected chi connectivity index (χ0v) is 34.6. The standard InChI is InChI=1S/C29H35NO3.C22H25NO2/c1-32-27-13-11-22(17-24(27)15-20-7-3-4-8-20)26(19-29(30)31)23-12-14-28(33-2)25(18-23)16-21-9-5-6-10-21;1-25-21-12-11-18(14-19(21)13-16-7-5-6-8-16)20(15-22(23)24)17-9-3-2-4-10-17/h11-18,26H,3-10,19H2,1-2H3,(H2,30,31);2-4,9-14,20H,5-8,15H2,1H3,(H2,23,24). The Morgan fingerprint density at radius 3 is 1.09 bits per heavy atom. The molecule has 304 valence electrons. The van der Waals surface area contributed by atoms with E-state index in [2.05, 4.69) is 48.6 Å². The van der Waals surface area contributed by atoms with E-state index in [-0.39, 0.29) is 30.1 Å². The molecule has 0 saturated heterocycles. The molecule has 3 saturated carbocycles. The van der Waals surface area contributed by atoms with Crippen LogP contribution < -0.4 is 25.7 Å². The third-order valence-electron chi connectivity index (χ3n) is 11.8. The number of ether oxygens (including phenoxy) is 3. The fourth-order valence-corrected chi connectivity index (χ4v) is 8.77. The molecule has 58 heavy (non-hydrogen) atoms. The number of carbonyl (C=O) groups is 2. The maximum atomic E-state index is 12.1. The van der Waals surface area contributed by atoms with Crippen LogP contribution in [0.1, 0.15) is 141 Å². The summed E-state index contributed by atoms with van der Waals surface area (Å²) in [5.41, 5.74) is 23.2. The first kappa shape index (κ1) is 42.1. The molecular formula is C51H60N2O5. The Balaban J connectivity index is 0.000000203. The molecule has 4 aromatic carbocycles. The minimum Gasteiger partial charge on any atom is -0.496 e. The van der Waals surface area contributed by atoms with Crippen molar-refractivity contribution in [3.05, 3.63) is 141 Å². The Morgan fingerprint density at radius 1 is 0.483 bits per heavy atom. The Bertz CT molecular complexity index is 2030. The largest absolute Gasteiger partial charge is 0.496 e. The van der Waals surface area contributed by atoms with E-state index in [1.807, 2.05) is 54.6 Å². The maximum absolute atomic E-state index is 12.1. The third-order valence-corrected chi connectivity index (χ3v) is 11.8. The number of amides is 2. The first-order valence-corrected chi connectivity index (χ1v) is 21.0. The normalized spacial score (nSPS) is 15.4. The average Bonchev–Trinajstić information content (AvgIpc) is 4.06. The molecule has 7 heteroatoms. The smallest absolute Gasteiger partial charge is 0.218 e. The summed E-state index contributed by atoms with van der Waals surface area (Å²) >= 11 is 0. The molecule has 0 aliphatic heterocycles. The molecule has 1 unspecified atom stereocenters. The minimum absolute atomic E-state index is 0.0367. The van der Waals surface area contributed by atoms with Crippen molar-refractivity contribution in [2.45, 2.75) is 102 Å². The molecule has 0 aromatic heterocycles. The van der Waals surface area contributed by atoms with Gasteiger partial charge in [0.05, 0.1) is 21.3 Å². The van der Waals surface area contributed by atoms with Gasteiger partial charge < -0.3 is 25.7 Å². The van der Waals surface area contributed by atoms with Crippen LogP contribution in [0.2, 0.25) is 0 Å². The Morgan fingerprint density at radius 2 is 0.793 bits per heavy atom. The van der Waals surface area contributed by atoms with Gasteiger partial charge in [-0.25, -0.2) is 0 Å². The first-order chi connectivity index (χ1) is 28.2. The molecule has 4 aromatic rings. The Labute approximate surface area is 345 Å². The van der Waals surface area contributed by atoms with E-state index < -0.39 is 0 Å². The third kappa shape index (κ3) is 11.3. The maximum Gasteiger partial charge on any atom is 0.218 e. The van der Waals surface area contributed by atoms with E-state index in [9.17, 15) is 9.59 Å². The minimum atomic E-state index is -0.307. The van der Waals surface area contributed by atoms with Gasteiger partial charge in [-0.15, -0.1) is 0 Å². The molecule has 0 radical (unpaired) electrons. The predicted molar refractivity (Wildman–Crippen MR) is 236 cm³/mol. The molecule has 3 aliphatic carbocycles. The lowest BCUT2D eigenvalue weighted by Crippen LogP contribution is -2.16. The molecule has 0 bridgehead atoms. The molecule has 3 fully saturated rings. The number of primary amides is 2. The summed E-state index contributed by atoms with van der Waals surface area (Å²) < 4.78 is 16.8. The molecule has 7 rings (SSSR count). The lowest BCUT2D eigenvalue weighted by Gasteiger charge is -2.20. The summed E-state index contributed by atoms with van der Waals surface area (Å²) in [6.45, 7) is 0. The molecule has 3 aliphatic rings. The summed E-state index contributed by atoms with van der Waals surface area (Å²) in [4.78, 5) is 23.7. The number of nitrogens with two attached hydrogens (primary N) is 2. The van der Waals surface area contributed by atoms with E-state index in [0.29, 0.717) is 6.42 Å². The molecule has 7 nitrogen and oxygen atoms in total. The van der Waals surface area contributed by atoms with Gasteiger partial charge in [0.1, 0.15) is 17.2 Å². The van der Waals surface area contributed by atoms with Crippen molar-refractivity contribution in [1.82, 2.24) is 0 Å². The zero-order valence-electron chi connectivity index (χ0n) is 34.6. The van der Waals surface area contributed by atoms with Crippen molar-refractivity contribution in [3.63, 3.8) is 0 Å². The van der Waals surface area contributed by atoms with Gasteiger partial charge in [-0.3, -0.25) is 9.59 Å². The van der Waals surface area contributed by atoms with E-state index in [1.54, 1.807) is 21.3 Å². The summed E-state index contributed by atoms with van der Waals surface area (Å²) in [5, 5.41) is 0. The van der Waals surface area contributed by atoms with Crippen LogP contribution in [0.5, 0.6) is 17.2 Å². The highest BCUT2D eigenvalue weighted by Gasteiger charge is 2.22. The second kappa shape index (κ2) is 20.7. The molecule has 2 amide bonds. The molecule has 0 heterocycles. The number of hydrogen-bond donors (Lipinski definition) is 2. The highest BCUT2D eigenvalue weighted by atomic mass is 16.5. The number of carbonyl (C=O) groups excluding carboxylic acids is 2. The van der Waals surface area contributed by atoms with Gasteiger partial charge in [-0.05, 0) is 136 Å². The average molecular weight is 781 g/mol. The van der Waals surface area contributed by atoms with Crippen molar-refractivity contribution in [2.24, 2.45) is 11.5 Å². The highest BCUT2D eigenvalue weighted by Crippen LogP contribution is 2.38. The fourth-order valence-electron chi connectivity index (χ4n) is 8.77. The van der Waals surface area contributed by atoms with Gasteiger partial charge in [-0.2, -0.15) is 0 Å². The lowest BCUT2D eigenvalue weighted by molar-refractivity contribution is -0.119. The summed E-state index contributed by atoms with van der Waals surface area (Å²) in [7, 11) is 5.11. The number of methoxy groups -OCH3 is 3. The van der Waals surface area contributed by atoms with Crippen molar-refractivity contribution in [2.75, 3.05) is 21.3 Å². The molecular weight excluding hydrogens is 721 g/mol. The van der Waals surface area contributed by atoms with Crippen molar-refractivity contribution in [1.29, 1.82) is 0 Å². The second-order valence-electron chi connectivity index (χ2n) is 15.9. The summed E-state index contributed by atoms with van der Waals surface area (Å²) in [6.07, 6.45) is 21.8. The zero-order chi connectivity index (χ0) is 40.9. The molecule has 1 atom stereocenters. The van der Waals surface area contributed by atoms with E-state index in [0.717, 1.165) is 94.7 Å². The fraction of sp³-hybridized carbons (Fsp3) is 0.373.